The number of thiazole rings is 1. The Morgan fingerprint density at radius 1 is 1.50 bits per heavy atom. The molecule has 0 spiro atoms. The molecule has 6 heteroatoms. The molecule has 1 fully saturated rings. The molecule has 1 aromatic rings. The molecule has 1 aliphatic rings. The molecule has 24 heavy (non-hydrogen) atoms. The van der Waals surface area contributed by atoms with Crippen LogP contribution in [0, 0.1) is 5.92 Å². The molecule has 2 rings (SSSR count). The van der Waals surface area contributed by atoms with E-state index in [0.717, 1.165) is 45.2 Å². The van der Waals surface area contributed by atoms with E-state index < -0.39 is 0 Å². The van der Waals surface area contributed by atoms with Crippen molar-refractivity contribution in [1.82, 2.24) is 15.2 Å². The van der Waals surface area contributed by atoms with Crippen LogP contribution in [0.4, 0.5) is 0 Å². The van der Waals surface area contributed by atoms with Gasteiger partial charge in [0, 0.05) is 56.4 Å². The zero-order valence-electron chi connectivity index (χ0n) is 15.8. The third kappa shape index (κ3) is 5.45. The van der Waals surface area contributed by atoms with Crippen LogP contribution in [-0.2, 0) is 16.6 Å². The molecule has 0 amide bonds. The van der Waals surface area contributed by atoms with Crippen LogP contribution in [0.1, 0.15) is 44.8 Å². The van der Waals surface area contributed by atoms with Crippen LogP contribution in [0.2, 0.25) is 0 Å². The molecule has 1 aromatic heterocycles. The van der Waals surface area contributed by atoms with Crippen molar-refractivity contribution in [3.63, 3.8) is 0 Å². The summed E-state index contributed by atoms with van der Waals surface area (Å²) in [7, 11) is 1.78. The lowest BCUT2D eigenvalue weighted by Crippen LogP contribution is -2.40. The second-order valence-electron chi connectivity index (χ2n) is 7.42. The highest BCUT2D eigenvalue weighted by Gasteiger charge is 2.24. The first-order valence-corrected chi connectivity index (χ1v) is 9.79. The largest absolute Gasteiger partial charge is 0.384 e. The van der Waals surface area contributed by atoms with Gasteiger partial charge in [-0.05, 0) is 13.3 Å². The van der Waals surface area contributed by atoms with Gasteiger partial charge in [0.15, 0.2) is 5.96 Å². The van der Waals surface area contributed by atoms with Gasteiger partial charge in [-0.1, -0.05) is 20.8 Å². The summed E-state index contributed by atoms with van der Waals surface area (Å²) in [6.07, 6.45) is 2.09. The molecule has 1 unspecified atom stereocenters. The summed E-state index contributed by atoms with van der Waals surface area (Å²) in [5.74, 6) is 1.65. The van der Waals surface area contributed by atoms with Crippen LogP contribution >= 0.6 is 11.3 Å². The standard InChI is InChI=1S/C18H32N4OS/c1-6-19-17(22-10-8-14(11-22)12-23-5)20-9-7-16-21-15(13-24-16)18(2,3)4/h13-14H,6-12H2,1-5H3,(H,19,20). The highest BCUT2D eigenvalue weighted by molar-refractivity contribution is 7.09. The monoisotopic (exact) mass is 352 g/mol. The predicted molar refractivity (Wildman–Crippen MR) is 102 cm³/mol. The number of nitrogens with zero attached hydrogens (tertiary/aromatic N) is 3. The summed E-state index contributed by atoms with van der Waals surface area (Å²) >= 11 is 1.75. The first-order valence-electron chi connectivity index (χ1n) is 8.91. The number of methoxy groups -OCH3 is 1. The number of nitrogens with one attached hydrogen (secondary N) is 1. The zero-order valence-corrected chi connectivity index (χ0v) is 16.6. The van der Waals surface area contributed by atoms with E-state index in [1.165, 1.54) is 17.1 Å². The van der Waals surface area contributed by atoms with Crippen molar-refractivity contribution >= 4 is 17.3 Å². The van der Waals surface area contributed by atoms with Crippen LogP contribution < -0.4 is 5.32 Å². The quantitative estimate of drug-likeness (QED) is 0.632. The molecule has 0 saturated carbocycles. The molecule has 2 heterocycles. The van der Waals surface area contributed by atoms with Gasteiger partial charge in [-0.2, -0.15) is 0 Å². The molecule has 136 valence electrons. The van der Waals surface area contributed by atoms with Crippen LogP contribution in [-0.4, -0.2) is 55.7 Å². The Bertz CT molecular complexity index is 535. The number of guanidine groups is 1. The van der Waals surface area contributed by atoms with E-state index in [4.69, 9.17) is 14.7 Å². The number of hydrogen-bond donors (Lipinski definition) is 1. The number of aliphatic imine (C=N–C) groups is 1. The van der Waals surface area contributed by atoms with E-state index in [1.807, 2.05) is 0 Å². The Kier molecular flexibility index (Phi) is 7.04. The number of rotatable bonds is 6. The highest BCUT2D eigenvalue weighted by atomic mass is 32.1. The van der Waals surface area contributed by atoms with Gasteiger partial charge in [0.2, 0.25) is 0 Å². The van der Waals surface area contributed by atoms with E-state index in [9.17, 15) is 0 Å². The van der Waals surface area contributed by atoms with Crippen LogP contribution in [0.25, 0.3) is 0 Å². The SMILES string of the molecule is CCNC(=NCCc1nc(C(C)(C)C)cs1)N1CCC(COC)C1. The molecule has 0 bridgehead atoms. The molecular weight excluding hydrogens is 320 g/mol. The molecule has 1 N–H and O–H groups in total. The van der Waals surface area contributed by atoms with Gasteiger partial charge in [-0.15, -0.1) is 11.3 Å². The summed E-state index contributed by atoms with van der Waals surface area (Å²) in [5.41, 5.74) is 1.30. The van der Waals surface area contributed by atoms with Crippen molar-refractivity contribution in [1.29, 1.82) is 0 Å². The second kappa shape index (κ2) is 8.81. The summed E-state index contributed by atoms with van der Waals surface area (Å²) in [4.78, 5) is 11.9. The Hall–Kier alpha value is -1.14. The maximum absolute atomic E-state index is 5.29. The fraction of sp³-hybridized carbons (Fsp3) is 0.778. The minimum Gasteiger partial charge on any atom is -0.384 e. The smallest absolute Gasteiger partial charge is 0.193 e. The average molecular weight is 353 g/mol. The zero-order chi connectivity index (χ0) is 17.6. The van der Waals surface area contributed by atoms with Gasteiger partial charge in [-0.3, -0.25) is 4.99 Å². The molecule has 0 aromatic carbocycles. The molecular formula is C18H32N4OS. The number of ether oxygens (including phenoxy) is 1. The highest BCUT2D eigenvalue weighted by Crippen LogP contribution is 2.24. The third-order valence-corrected chi connectivity index (χ3v) is 5.14. The van der Waals surface area contributed by atoms with E-state index in [2.05, 4.69) is 43.3 Å². The van der Waals surface area contributed by atoms with Gasteiger partial charge in [0.25, 0.3) is 0 Å². The van der Waals surface area contributed by atoms with Gasteiger partial charge in [-0.25, -0.2) is 4.98 Å². The third-order valence-electron chi connectivity index (χ3n) is 4.23. The minimum absolute atomic E-state index is 0.124. The molecule has 0 radical (unpaired) electrons. The molecule has 1 aliphatic heterocycles. The fourth-order valence-corrected chi connectivity index (χ4v) is 3.86. The minimum atomic E-state index is 0.124. The van der Waals surface area contributed by atoms with Crippen molar-refractivity contribution in [2.45, 2.75) is 46.0 Å². The Labute approximate surface area is 150 Å². The summed E-state index contributed by atoms with van der Waals surface area (Å²) in [5, 5.41) is 6.78. The van der Waals surface area contributed by atoms with Gasteiger partial charge < -0.3 is 15.0 Å². The van der Waals surface area contributed by atoms with Crippen LogP contribution in [0.3, 0.4) is 0 Å². The van der Waals surface area contributed by atoms with E-state index in [0.29, 0.717) is 5.92 Å². The Morgan fingerprint density at radius 3 is 2.92 bits per heavy atom. The van der Waals surface area contributed by atoms with E-state index in [1.54, 1.807) is 18.4 Å². The van der Waals surface area contributed by atoms with Crippen LogP contribution in [0.15, 0.2) is 10.4 Å². The van der Waals surface area contributed by atoms with Gasteiger partial charge >= 0.3 is 0 Å². The Balaban J connectivity index is 1.90. The lowest BCUT2D eigenvalue weighted by molar-refractivity contribution is 0.157. The summed E-state index contributed by atoms with van der Waals surface area (Å²) in [6.45, 7) is 13.3. The maximum Gasteiger partial charge on any atom is 0.193 e. The first-order chi connectivity index (χ1) is 11.4. The maximum atomic E-state index is 5.29. The Morgan fingerprint density at radius 2 is 2.29 bits per heavy atom. The van der Waals surface area contributed by atoms with Gasteiger partial charge in [0.1, 0.15) is 0 Å². The van der Waals surface area contributed by atoms with Crippen molar-refractivity contribution in [2.75, 3.05) is 39.9 Å². The fourth-order valence-electron chi connectivity index (χ4n) is 2.85. The summed E-state index contributed by atoms with van der Waals surface area (Å²) < 4.78 is 5.29. The number of likely N-dealkylation sites (tertiary alicyclic amines) is 1. The topological polar surface area (TPSA) is 49.8 Å². The van der Waals surface area contributed by atoms with Crippen molar-refractivity contribution in [3.8, 4) is 0 Å². The van der Waals surface area contributed by atoms with Crippen LogP contribution in [0.5, 0.6) is 0 Å². The molecule has 5 nitrogen and oxygen atoms in total. The first kappa shape index (κ1) is 19.2. The normalized spacial score (nSPS) is 19.1. The van der Waals surface area contributed by atoms with Crippen molar-refractivity contribution < 1.29 is 4.74 Å². The lowest BCUT2D eigenvalue weighted by atomic mass is 9.93. The number of hydrogen-bond acceptors (Lipinski definition) is 4. The van der Waals surface area contributed by atoms with E-state index in [-0.39, 0.29) is 5.41 Å². The summed E-state index contributed by atoms with van der Waals surface area (Å²) in [6, 6.07) is 0. The lowest BCUT2D eigenvalue weighted by Gasteiger charge is -2.21. The molecule has 1 atom stereocenters. The number of aromatic nitrogens is 1. The van der Waals surface area contributed by atoms with Crippen molar-refractivity contribution in [2.24, 2.45) is 10.9 Å². The van der Waals surface area contributed by atoms with Gasteiger partial charge in [0.05, 0.1) is 17.3 Å². The molecule has 1 saturated heterocycles. The van der Waals surface area contributed by atoms with Crippen molar-refractivity contribution in [3.05, 3.63) is 16.1 Å². The second-order valence-corrected chi connectivity index (χ2v) is 8.36. The average Bonchev–Trinajstić information content (AvgIpc) is 3.15. The van der Waals surface area contributed by atoms with E-state index >= 15 is 0 Å². The predicted octanol–water partition coefficient (Wildman–Crippen LogP) is 2.92. The molecule has 0 aliphatic carbocycles.